The van der Waals surface area contributed by atoms with Crippen molar-refractivity contribution in [1.82, 2.24) is 14.7 Å². The van der Waals surface area contributed by atoms with Gasteiger partial charge in [-0.15, -0.1) is 0 Å². The molecule has 7 heteroatoms. The topological polar surface area (TPSA) is 92.9 Å². The number of nitrogens with zero attached hydrogens (tertiary/aromatic N) is 2. The Morgan fingerprint density at radius 1 is 0.974 bits per heavy atom. The molecule has 2 aromatic heterocycles. The van der Waals surface area contributed by atoms with Crippen molar-refractivity contribution >= 4 is 17.7 Å². The highest BCUT2D eigenvalue weighted by atomic mass is 16.6. The molecule has 2 heterocycles. The van der Waals surface area contributed by atoms with Crippen LogP contribution >= 0.6 is 0 Å². The maximum atomic E-state index is 13.2. The quantitative estimate of drug-likeness (QED) is 0.271. The van der Waals surface area contributed by atoms with E-state index in [1.807, 2.05) is 49.4 Å². The summed E-state index contributed by atoms with van der Waals surface area (Å²) >= 11 is 0. The van der Waals surface area contributed by atoms with Crippen LogP contribution in [0.15, 0.2) is 66.9 Å². The summed E-state index contributed by atoms with van der Waals surface area (Å²) in [7, 11) is 0. The Balaban J connectivity index is 1.37. The van der Waals surface area contributed by atoms with Crippen LogP contribution < -0.4 is 5.32 Å². The van der Waals surface area contributed by atoms with Gasteiger partial charge in [-0.3, -0.25) is 4.40 Å². The number of benzene rings is 2. The van der Waals surface area contributed by atoms with Gasteiger partial charge in [0.25, 0.3) is 0 Å². The number of rotatable bonds is 7. The molecule has 1 atom stereocenters. The number of ether oxygens (including phenoxy) is 1. The molecule has 6 rings (SSSR count). The van der Waals surface area contributed by atoms with Crippen molar-refractivity contribution in [3.05, 3.63) is 94.9 Å². The minimum Gasteiger partial charge on any atom is -0.478 e. The molecule has 4 aromatic rings. The number of hydrogen-bond donors (Lipinski definition) is 2. The van der Waals surface area contributed by atoms with Crippen LogP contribution in [0.4, 0.5) is 4.79 Å². The lowest BCUT2D eigenvalue weighted by Crippen LogP contribution is -2.37. The fourth-order valence-electron chi connectivity index (χ4n) is 5.64. The van der Waals surface area contributed by atoms with E-state index in [9.17, 15) is 14.7 Å². The van der Waals surface area contributed by atoms with Gasteiger partial charge in [0, 0.05) is 18.2 Å². The molecular formula is C32H33N3O4. The lowest BCUT2D eigenvalue weighted by atomic mass is 9.96. The number of carboxylic acid groups (broad SMARTS) is 1. The fraction of sp³-hybridized carbons (Fsp3) is 0.344. The van der Waals surface area contributed by atoms with Crippen LogP contribution in [0, 0.1) is 6.92 Å². The number of amides is 1. The van der Waals surface area contributed by atoms with Crippen LogP contribution in [0.1, 0.15) is 89.8 Å². The third kappa shape index (κ3) is 5.26. The molecule has 0 aliphatic heterocycles. The zero-order chi connectivity index (χ0) is 26.9. The predicted molar refractivity (Wildman–Crippen MR) is 149 cm³/mol. The van der Waals surface area contributed by atoms with Crippen LogP contribution in [0.2, 0.25) is 0 Å². The van der Waals surface area contributed by atoms with Crippen LogP contribution in [0.3, 0.4) is 0 Å². The number of aromatic carboxylic acids is 1. The molecule has 2 fully saturated rings. The molecule has 0 bridgehead atoms. The van der Waals surface area contributed by atoms with Gasteiger partial charge in [0.2, 0.25) is 0 Å². The van der Waals surface area contributed by atoms with Crippen LogP contribution in [0.5, 0.6) is 0 Å². The number of alkyl carbamates (subject to hydrolysis) is 1. The third-order valence-corrected chi connectivity index (χ3v) is 7.96. The normalized spacial score (nSPS) is 16.6. The monoisotopic (exact) mass is 523 g/mol. The van der Waals surface area contributed by atoms with E-state index >= 15 is 0 Å². The van der Waals surface area contributed by atoms with Crippen molar-refractivity contribution in [3.63, 3.8) is 0 Å². The Kier molecular flexibility index (Phi) is 6.81. The van der Waals surface area contributed by atoms with Gasteiger partial charge in [0.1, 0.15) is 5.65 Å². The third-order valence-electron chi connectivity index (χ3n) is 7.96. The number of imidazole rings is 1. The predicted octanol–water partition coefficient (Wildman–Crippen LogP) is 7.03. The highest BCUT2D eigenvalue weighted by molar-refractivity contribution is 5.96. The molecule has 0 radical (unpaired) electrons. The van der Waals surface area contributed by atoms with Crippen molar-refractivity contribution in [2.24, 2.45) is 0 Å². The Labute approximate surface area is 227 Å². The zero-order valence-electron chi connectivity index (χ0n) is 22.1. The van der Waals surface area contributed by atoms with E-state index in [4.69, 9.17) is 9.72 Å². The van der Waals surface area contributed by atoms with E-state index in [0.29, 0.717) is 11.5 Å². The number of aryl methyl sites for hydroxylation is 1. The molecule has 1 amide bonds. The van der Waals surface area contributed by atoms with Gasteiger partial charge < -0.3 is 15.2 Å². The highest BCUT2D eigenvalue weighted by Gasteiger charge is 2.29. The Hall–Kier alpha value is -4.13. The molecular weight excluding hydrogens is 490 g/mol. The number of nitrogens with one attached hydrogen (secondary N) is 1. The first kappa shape index (κ1) is 25.2. The summed E-state index contributed by atoms with van der Waals surface area (Å²) in [5.74, 6) is -0.469. The molecule has 7 nitrogen and oxygen atoms in total. The minimum absolute atomic E-state index is 0.134. The zero-order valence-corrected chi connectivity index (χ0v) is 22.1. The molecule has 1 unspecified atom stereocenters. The second-order valence-electron chi connectivity index (χ2n) is 10.8. The van der Waals surface area contributed by atoms with Gasteiger partial charge in [-0.1, -0.05) is 67.8 Å². The standard InChI is InChI=1S/C32H33N3O4/c1-20-11-18-28(35-19-27(22-14-15-22)34-30(20)35)29(39-32(38)33-24-7-3-2-4-8-24)23-16-12-21(13-17-23)25-9-5-6-10-26(25)31(36)37/h5-6,9-13,16-19,22,24,29H,2-4,7-8,14-15H2,1H3,(H,33,38)(H,36,37). The molecule has 2 aromatic carbocycles. The lowest BCUT2D eigenvalue weighted by molar-refractivity contribution is 0.0697. The average Bonchev–Trinajstić information content (AvgIpc) is 3.71. The van der Waals surface area contributed by atoms with E-state index in [-0.39, 0.29) is 11.6 Å². The number of fused-ring (bicyclic) bond motifs is 1. The van der Waals surface area contributed by atoms with Crippen molar-refractivity contribution in [2.45, 2.75) is 69.9 Å². The number of carbonyl (C=O) groups is 2. The van der Waals surface area contributed by atoms with Crippen LogP contribution in [-0.4, -0.2) is 32.6 Å². The first-order chi connectivity index (χ1) is 19.0. The van der Waals surface area contributed by atoms with Gasteiger partial charge >= 0.3 is 12.1 Å². The molecule has 2 aliphatic rings. The van der Waals surface area contributed by atoms with Crippen molar-refractivity contribution in [1.29, 1.82) is 0 Å². The summed E-state index contributed by atoms with van der Waals surface area (Å²) in [6.45, 7) is 2.04. The first-order valence-electron chi connectivity index (χ1n) is 13.9. The number of aromatic nitrogens is 2. The first-order valence-corrected chi connectivity index (χ1v) is 13.9. The van der Waals surface area contributed by atoms with E-state index in [2.05, 4.69) is 15.9 Å². The summed E-state index contributed by atoms with van der Waals surface area (Å²) in [4.78, 5) is 29.9. The van der Waals surface area contributed by atoms with Gasteiger partial charge in [-0.05, 0) is 67.0 Å². The molecule has 2 N–H and O–H groups in total. The van der Waals surface area contributed by atoms with E-state index in [1.165, 1.54) is 6.42 Å². The maximum absolute atomic E-state index is 13.2. The Morgan fingerprint density at radius 2 is 1.72 bits per heavy atom. The van der Waals surface area contributed by atoms with E-state index < -0.39 is 18.2 Å². The summed E-state index contributed by atoms with van der Waals surface area (Å²) in [6.07, 6.45) is 8.68. The number of pyridine rings is 1. The second-order valence-corrected chi connectivity index (χ2v) is 10.8. The Bertz CT molecular complexity index is 1510. The van der Waals surface area contributed by atoms with Gasteiger partial charge in [0.15, 0.2) is 6.10 Å². The molecule has 2 aliphatic carbocycles. The van der Waals surface area contributed by atoms with E-state index in [1.54, 1.807) is 18.2 Å². The molecule has 0 spiro atoms. The molecule has 0 saturated heterocycles. The highest BCUT2D eigenvalue weighted by Crippen LogP contribution is 2.40. The average molecular weight is 524 g/mol. The number of carbonyl (C=O) groups excluding carboxylic acids is 1. The molecule has 2 saturated carbocycles. The van der Waals surface area contributed by atoms with Gasteiger partial charge in [0.05, 0.1) is 17.0 Å². The summed E-state index contributed by atoms with van der Waals surface area (Å²) in [6, 6.07) is 18.7. The summed E-state index contributed by atoms with van der Waals surface area (Å²) in [5, 5.41) is 12.7. The summed E-state index contributed by atoms with van der Waals surface area (Å²) in [5.41, 5.74) is 6.33. The number of hydrogen-bond acceptors (Lipinski definition) is 4. The smallest absolute Gasteiger partial charge is 0.408 e. The fourth-order valence-corrected chi connectivity index (χ4v) is 5.64. The second kappa shape index (κ2) is 10.6. The van der Waals surface area contributed by atoms with Gasteiger partial charge in [-0.25, -0.2) is 14.6 Å². The molecule has 200 valence electrons. The van der Waals surface area contributed by atoms with Crippen LogP contribution in [-0.2, 0) is 4.74 Å². The van der Waals surface area contributed by atoms with Crippen molar-refractivity contribution < 1.29 is 19.4 Å². The minimum atomic E-state index is -0.969. The van der Waals surface area contributed by atoms with Crippen LogP contribution in [0.25, 0.3) is 16.8 Å². The van der Waals surface area contributed by atoms with Crippen molar-refractivity contribution in [3.8, 4) is 11.1 Å². The number of carboxylic acids is 1. The molecule has 39 heavy (non-hydrogen) atoms. The Morgan fingerprint density at radius 3 is 2.44 bits per heavy atom. The maximum Gasteiger partial charge on any atom is 0.408 e. The SMILES string of the molecule is Cc1ccc(C(OC(=O)NC2CCCCC2)c2ccc(-c3ccccc3C(=O)O)cc2)n2cc(C3CC3)nc12. The van der Waals surface area contributed by atoms with Gasteiger partial charge in [-0.2, -0.15) is 0 Å². The van der Waals surface area contributed by atoms with E-state index in [0.717, 1.165) is 72.3 Å². The largest absolute Gasteiger partial charge is 0.478 e. The lowest BCUT2D eigenvalue weighted by Gasteiger charge is -2.25. The summed E-state index contributed by atoms with van der Waals surface area (Å²) < 4.78 is 8.24. The van der Waals surface area contributed by atoms with Crippen molar-refractivity contribution in [2.75, 3.05) is 0 Å².